The minimum Gasteiger partial charge on any atom is -0.493 e. The van der Waals surface area contributed by atoms with Crippen LogP contribution in [0.3, 0.4) is 0 Å². The Hall–Kier alpha value is -3.19. The first-order valence-corrected chi connectivity index (χ1v) is 8.32. The zero-order chi connectivity index (χ0) is 19.8. The van der Waals surface area contributed by atoms with Crippen molar-refractivity contribution >= 4 is 29.1 Å². The average Bonchev–Trinajstić information content (AvgIpc) is 2.70. The second kappa shape index (κ2) is 9.49. The molecule has 0 atom stereocenters. The Labute approximate surface area is 162 Å². The van der Waals surface area contributed by atoms with Gasteiger partial charge in [-0.1, -0.05) is 30.3 Å². The summed E-state index contributed by atoms with van der Waals surface area (Å²) < 4.78 is 10.3. The highest BCUT2D eigenvalue weighted by molar-refractivity contribution is 6.30. The zero-order valence-electron chi connectivity index (χ0n) is 15.0. The molecule has 3 N–H and O–H groups in total. The van der Waals surface area contributed by atoms with Gasteiger partial charge in [0.1, 0.15) is 0 Å². The van der Waals surface area contributed by atoms with Gasteiger partial charge in [0.15, 0.2) is 11.5 Å². The predicted molar refractivity (Wildman–Crippen MR) is 104 cm³/mol. The van der Waals surface area contributed by atoms with Crippen molar-refractivity contribution in [1.29, 1.82) is 0 Å². The number of carbonyl (C=O) groups excluding carboxylic acids is 2. The molecule has 0 aromatic heterocycles. The van der Waals surface area contributed by atoms with Crippen molar-refractivity contribution in [2.24, 2.45) is 0 Å². The lowest BCUT2D eigenvalue weighted by molar-refractivity contribution is -0.120. The Morgan fingerprint density at radius 2 is 1.59 bits per heavy atom. The first-order valence-electron chi connectivity index (χ1n) is 7.94. The van der Waals surface area contributed by atoms with Crippen LogP contribution in [0.25, 0.3) is 5.70 Å². The number of nitrogens with one attached hydrogen (secondary N) is 3. The first kappa shape index (κ1) is 20.1. The van der Waals surface area contributed by atoms with Crippen LogP contribution in [0.1, 0.15) is 15.9 Å². The molecule has 7 nitrogen and oxygen atoms in total. The van der Waals surface area contributed by atoms with Crippen molar-refractivity contribution in [3.05, 3.63) is 65.2 Å². The van der Waals surface area contributed by atoms with Gasteiger partial charge < -0.3 is 14.8 Å². The summed E-state index contributed by atoms with van der Waals surface area (Å²) in [5, 5.41) is 3.13. The fourth-order valence-corrected chi connectivity index (χ4v) is 2.28. The number of hydrogen-bond acceptors (Lipinski definition) is 5. The Morgan fingerprint density at radius 1 is 0.963 bits per heavy atom. The van der Waals surface area contributed by atoms with Crippen LogP contribution in [0.15, 0.2) is 49.0 Å². The maximum atomic E-state index is 12.2. The van der Waals surface area contributed by atoms with Crippen molar-refractivity contribution in [1.82, 2.24) is 16.2 Å². The zero-order valence-corrected chi connectivity index (χ0v) is 15.7. The van der Waals surface area contributed by atoms with Gasteiger partial charge in [0.2, 0.25) is 0 Å². The van der Waals surface area contributed by atoms with Gasteiger partial charge in [-0.2, -0.15) is 0 Å². The number of rotatable bonds is 8. The smallest absolute Gasteiger partial charge is 0.257 e. The molecule has 0 heterocycles. The van der Waals surface area contributed by atoms with Crippen molar-refractivity contribution in [3.63, 3.8) is 0 Å². The maximum absolute atomic E-state index is 12.2. The first-order chi connectivity index (χ1) is 12.9. The fourth-order valence-electron chi connectivity index (χ4n) is 2.15. The molecule has 2 rings (SSSR count). The normalized spacial score (nSPS) is 9.89. The molecule has 27 heavy (non-hydrogen) atoms. The van der Waals surface area contributed by atoms with E-state index in [1.807, 2.05) is 0 Å². The molecule has 0 aliphatic rings. The standard InChI is InChI=1S/C19H20ClN3O4/c1-12(13-4-7-15(20)8-5-13)22-23-18(24)11-21-19(25)14-6-9-16(26-2)17(10-14)27-3/h4-10,22H,1,11H2,2-3H3,(H,21,25)(H,23,24). The lowest BCUT2D eigenvalue weighted by Gasteiger charge is -2.12. The number of halogens is 1. The number of hydrogen-bond donors (Lipinski definition) is 3. The number of ether oxygens (including phenoxy) is 2. The van der Waals surface area contributed by atoms with Gasteiger partial charge in [-0.15, -0.1) is 0 Å². The molecule has 0 aliphatic heterocycles. The van der Waals surface area contributed by atoms with Crippen LogP contribution in [0.2, 0.25) is 5.02 Å². The van der Waals surface area contributed by atoms with E-state index in [0.717, 1.165) is 5.56 Å². The number of hydrazine groups is 1. The molecule has 0 radical (unpaired) electrons. The van der Waals surface area contributed by atoms with Crippen molar-refractivity contribution in [2.75, 3.05) is 20.8 Å². The van der Waals surface area contributed by atoms with Crippen LogP contribution in [-0.4, -0.2) is 32.6 Å². The van der Waals surface area contributed by atoms with Gasteiger partial charge in [-0.3, -0.25) is 20.4 Å². The Bertz CT molecular complexity index is 837. The minimum absolute atomic E-state index is 0.214. The Morgan fingerprint density at radius 3 is 2.22 bits per heavy atom. The predicted octanol–water partition coefficient (Wildman–Crippen LogP) is 2.38. The highest BCUT2D eigenvalue weighted by atomic mass is 35.5. The summed E-state index contributed by atoms with van der Waals surface area (Å²) in [5.41, 5.74) is 6.76. The quantitative estimate of drug-likeness (QED) is 0.603. The summed E-state index contributed by atoms with van der Waals surface area (Å²) >= 11 is 5.83. The molecule has 0 fully saturated rings. The molecule has 0 unspecified atom stereocenters. The van der Waals surface area contributed by atoms with Gasteiger partial charge in [0, 0.05) is 10.6 Å². The van der Waals surface area contributed by atoms with E-state index in [9.17, 15) is 9.59 Å². The summed E-state index contributed by atoms with van der Waals surface area (Å²) in [5.74, 6) is 0.0915. The SMILES string of the molecule is C=C(NNC(=O)CNC(=O)c1ccc(OC)c(OC)c1)c1ccc(Cl)cc1. The van der Waals surface area contributed by atoms with Gasteiger partial charge >= 0.3 is 0 Å². The second-order valence-electron chi connectivity index (χ2n) is 5.41. The molecule has 0 spiro atoms. The van der Waals surface area contributed by atoms with Gasteiger partial charge in [-0.25, -0.2) is 0 Å². The molecule has 2 aromatic carbocycles. The average molecular weight is 390 g/mol. The molecule has 2 amide bonds. The molecule has 0 saturated carbocycles. The Balaban J connectivity index is 1.83. The monoisotopic (exact) mass is 389 g/mol. The molecule has 8 heteroatoms. The molecule has 0 bridgehead atoms. The third kappa shape index (κ3) is 5.65. The van der Waals surface area contributed by atoms with Crippen LogP contribution >= 0.6 is 11.6 Å². The second-order valence-corrected chi connectivity index (χ2v) is 5.85. The van der Waals surface area contributed by atoms with E-state index in [1.165, 1.54) is 20.3 Å². The van der Waals surface area contributed by atoms with E-state index >= 15 is 0 Å². The van der Waals surface area contributed by atoms with Crippen LogP contribution in [0, 0.1) is 0 Å². The number of benzene rings is 2. The van der Waals surface area contributed by atoms with Crippen molar-refractivity contribution < 1.29 is 19.1 Å². The summed E-state index contributed by atoms with van der Waals surface area (Å²) in [4.78, 5) is 24.1. The molecular formula is C19H20ClN3O4. The van der Waals surface area contributed by atoms with Gasteiger partial charge in [-0.05, 0) is 35.9 Å². The highest BCUT2D eigenvalue weighted by Gasteiger charge is 2.12. The van der Waals surface area contributed by atoms with E-state index in [2.05, 4.69) is 22.7 Å². The summed E-state index contributed by atoms with van der Waals surface area (Å²) in [7, 11) is 2.99. The number of methoxy groups -OCH3 is 2. The van der Waals surface area contributed by atoms with E-state index in [1.54, 1.807) is 36.4 Å². The lowest BCUT2D eigenvalue weighted by atomic mass is 10.2. The number of amides is 2. The van der Waals surface area contributed by atoms with E-state index < -0.39 is 11.8 Å². The van der Waals surface area contributed by atoms with Crippen LogP contribution in [0.4, 0.5) is 0 Å². The van der Waals surface area contributed by atoms with Crippen molar-refractivity contribution in [3.8, 4) is 11.5 Å². The molecule has 142 valence electrons. The third-order valence-corrected chi connectivity index (χ3v) is 3.85. The van der Waals surface area contributed by atoms with E-state index in [4.69, 9.17) is 21.1 Å². The van der Waals surface area contributed by atoms with E-state index in [0.29, 0.717) is 27.8 Å². The maximum Gasteiger partial charge on any atom is 0.257 e. The fraction of sp³-hybridized carbons (Fsp3) is 0.158. The van der Waals surface area contributed by atoms with Crippen LogP contribution in [0.5, 0.6) is 11.5 Å². The Kier molecular flexibility index (Phi) is 7.08. The van der Waals surface area contributed by atoms with Crippen LogP contribution in [-0.2, 0) is 4.79 Å². The molecule has 0 aliphatic carbocycles. The van der Waals surface area contributed by atoms with Crippen molar-refractivity contribution in [2.45, 2.75) is 0 Å². The largest absolute Gasteiger partial charge is 0.493 e. The lowest BCUT2D eigenvalue weighted by Crippen LogP contribution is -2.42. The molecule has 2 aromatic rings. The van der Waals surface area contributed by atoms with E-state index in [-0.39, 0.29) is 6.54 Å². The van der Waals surface area contributed by atoms with Crippen LogP contribution < -0.4 is 25.6 Å². The molecular weight excluding hydrogens is 370 g/mol. The molecule has 0 saturated heterocycles. The minimum atomic E-state index is -0.432. The summed E-state index contributed by atoms with van der Waals surface area (Å²) in [6.45, 7) is 3.61. The topological polar surface area (TPSA) is 88.7 Å². The number of carbonyl (C=O) groups is 2. The van der Waals surface area contributed by atoms with Gasteiger partial charge in [0.25, 0.3) is 11.8 Å². The summed E-state index contributed by atoms with van der Waals surface area (Å²) in [6.07, 6.45) is 0. The van der Waals surface area contributed by atoms with Gasteiger partial charge in [0.05, 0.1) is 26.5 Å². The summed E-state index contributed by atoms with van der Waals surface area (Å²) in [6, 6.07) is 11.7. The third-order valence-electron chi connectivity index (χ3n) is 3.60. The highest BCUT2D eigenvalue weighted by Crippen LogP contribution is 2.27.